The summed E-state index contributed by atoms with van der Waals surface area (Å²) in [5.74, 6) is 1.27. The maximum atomic E-state index is 11.8. The van der Waals surface area contributed by atoms with E-state index in [1.165, 1.54) is 0 Å². The van der Waals surface area contributed by atoms with Crippen LogP contribution < -0.4 is 5.32 Å². The van der Waals surface area contributed by atoms with Crippen molar-refractivity contribution < 1.29 is 23.3 Å². The van der Waals surface area contributed by atoms with Gasteiger partial charge in [-0.3, -0.25) is 9.59 Å². The van der Waals surface area contributed by atoms with Crippen LogP contribution in [0.15, 0.2) is 51.5 Å². The fourth-order valence-electron chi connectivity index (χ4n) is 2.13. The molecule has 2 heterocycles. The zero-order chi connectivity index (χ0) is 19.1. The Morgan fingerprint density at radius 1 is 1.22 bits per heavy atom. The molecule has 0 atom stereocenters. The molecule has 1 aromatic carbocycles. The van der Waals surface area contributed by atoms with E-state index in [9.17, 15) is 9.59 Å². The van der Waals surface area contributed by atoms with Gasteiger partial charge in [-0.1, -0.05) is 35.5 Å². The van der Waals surface area contributed by atoms with Crippen LogP contribution in [0.2, 0.25) is 0 Å². The van der Waals surface area contributed by atoms with Gasteiger partial charge < -0.3 is 19.0 Å². The number of carbonyl (C=O) groups excluding carboxylic acids is 2. The molecule has 140 valence electrons. The predicted molar refractivity (Wildman–Crippen MR) is 98.9 cm³/mol. The maximum absolute atomic E-state index is 11.8. The molecule has 0 saturated heterocycles. The van der Waals surface area contributed by atoms with Crippen molar-refractivity contribution in [3.8, 4) is 11.3 Å². The maximum Gasteiger partial charge on any atom is 0.316 e. The van der Waals surface area contributed by atoms with E-state index in [1.54, 1.807) is 19.2 Å². The number of aryl methyl sites for hydroxylation is 1. The minimum absolute atomic E-state index is 0.0392. The number of amides is 1. The number of nitrogens with one attached hydrogen (secondary N) is 1. The molecule has 3 rings (SSSR count). The van der Waals surface area contributed by atoms with E-state index >= 15 is 0 Å². The Hall–Kier alpha value is -3.07. The summed E-state index contributed by atoms with van der Waals surface area (Å²) in [5, 5.41) is 6.23. The average molecular weight is 387 g/mol. The summed E-state index contributed by atoms with van der Waals surface area (Å²) >= 11 is 1.14. The van der Waals surface area contributed by atoms with Crippen molar-refractivity contribution in [3.63, 3.8) is 0 Å². The lowest BCUT2D eigenvalue weighted by molar-refractivity contribution is -0.142. The van der Waals surface area contributed by atoms with Gasteiger partial charge in [0.15, 0.2) is 18.2 Å². The van der Waals surface area contributed by atoms with Crippen LogP contribution in [0, 0.1) is 6.92 Å². The van der Waals surface area contributed by atoms with Gasteiger partial charge in [0.25, 0.3) is 0 Å². The molecule has 0 saturated carbocycles. The second-order valence-corrected chi connectivity index (χ2v) is 6.49. The lowest BCUT2D eigenvalue weighted by Gasteiger charge is -2.03. The molecule has 1 amide bonds. The van der Waals surface area contributed by atoms with Crippen molar-refractivity contribution in [1.82, 2.24) is 10.1 Å². The van der Waals surface area contributed by atoms with E-state index in [0.29, 0.717) is 23.2 Å². The molecule has 0 spiro atoms. The molecule has 0 radical (unpaired) electrons. The van der Waals surface area contributed by atoms with Crippen LogP contribution in [-0.4, -0.2) is 33.5 Å². The summed E-state index contributed by atoms with van der Waals surface area (Å²) in [6.07, 6.45) is 1.59. The van der Waals surface area contributed by atoms with E-state index < -0.39 is 5.97 Å². The van der Waals surface area contributed by atoms with Gasteiger partial charge in [0.2, 0.25) is 11.8 Å². The van der Waals surface area contributed by atoms with E-state index in [0.717, 1.165) is 17.3 Å². The monoisotopic (exact) mass is 387 g/mol. The molecule has 0 aliphatic carbocycles. The van der Waals surface area contributed by atoms with Crippen molar-refractivity contribution in [3.05, 3.63) is 54.2 Å². The first-order chi connectivity index (χ1) is 13.1. The molecule has 1 N–H and O–H groups in total. The number of hydrogen-bond acceptors (Lipinski definition) is 8. The Morgan fingerprint density at radius 3 is 2.78 bits per heavy atom. The smallest absolute Gasteiger partial charge is 0.316 e. The third kappa shape index (κ3) is 5.71. The van der Waals surface area contributed by atoms with Crippen molar-refractivity contribution in [2.45, 2.75) is 13.5 Å². The van der Waals surface area contributed by atoms with Gasteiger partial charge in [0.05, 0.1) is 17.7 Å². The first kappa shape index (κ1) is 18.7. The van der Waals surface area contributed by atoms with Crippen LogP contribution in [0.5, 0.6) is 0 Å². The van der Waals surface area contributed by atoms with Crippen LogP contribution in [0.25, 0.3) is 11.3 Å². The summed E-state index contributed by atoms with van der Waals surface area (Å²) in [4.78, 5) is 27.6. The van der Waals surface area contributed by atoms with Gasteiger partial charge >= 0.3 is 5.97 Å². The zero-order valence-electron chi connectivity index (χ0n) is 14.5. The molecular weight excluding hydrogens is 370 g/mol. The van der Waals surface area contributed by atoms with Gasteiger partial charge in [0, 0.05) is 11.6 Å². The molecule has 0 aliphatic heterocycles. The van der Waals surface area contributed by atoms with Crippen molar-refractivity contribution in [2.24, 2.45) is 0 Å². The van der Waals surface area contributed by atoms with Crippen LogP contribution in [0.3, 0.4) is 0 Å². The minimum Gasteiger partial charge on any atom is -0.455 e. The zero-order valence-corrected chi connectivity index (χ0v) is 15.3. The fraction of sp³-hybridized carbons (Fsp3) is 0.222. The first-order valence-corrected chi connectivity index (χ1v) is 9.22. The van der Waals surface area contributed by atoms with Gasteiger partial charge in [-0.25, -0.2) is 4.98 Å². The van der Waals surface area contributed by atoms with E-state index in [2.05, 4.69) is 15.5 Å². The number of ether oxygens (including phenoxy) is 1. The molecule has 2 aromatic heterocycles. The topological polar surface area (TPSA) is 107 Å². The highest BCUT2D eigenvalue weighted by Crippen LogP contribution is 2.20. The number of nitrogens with zero attached hydrogens (tertiary/aromatic N) is 2. The third-order valence-electron chi connectivity index (χ3n) is 3.32. The fourth-order valence-corrected chi connectivity index (χ4v) is 2.74. The molecule has 0 unspecified atom stereocenters. The number of esters is 1. The van der Waals surface area contributed by atoms with Crippen LogP contribution >= 0.6 is 11.8 Å². The SMILES string of the molecule is Cc1cc(NC(=O)CSCC(=O)OCc2ncc(-c3ccccc3)o2)no1. The number of benzene rings is 1. The Morgan fingerprint density at radius 2 is 2.04 bits per heavy atom. The van der Waals surface area contributed by atoms with E-state index in [1.807, 2.05) is 30.3 Å². The Balaban J connectivity index is 1.36. The molecule has 0 bridgehead atoms. The van der Waals surface area contributed by atoms with Crippen LogP contribution in [-0.2, 0) is 20.9 Å². The Labute approximate surface area is 159 Å². The highest BCUT2D eigenvalue weighted by atomic mass is 32.2. The van der Waals surface area contributed by atoms with Crippen molar-refractivity contribution >= 4 is 29.5 Å². The Bertz CT molecular complexity index is 907. The standard InChI is InChI=1S/C18H17N3O5S/c1-12-7-15(21-26-12)20-16(22)10-27-11-18(23)24-9-17-19-8-14(25-17)13-5-3-2-4-6-13/h2-8H,9-11H2,1H3,(H,20,21,22). The first-order valence-electron chi connectivity index (χ1n) is 8.07. The van der Waals surface area contributed by atoms with Crippen molar-refractivity contribution in [1.29, 1.82) is 0 Å². The molecule has 0 fully saturated rings. The van der Waals surface area contributed by atoms with Gasteiger partial charge in [-0.15, -0.1) is 11.8 Å². The Kier molecular flexibility index (Phi) is 6.26. The summed E-state index contributed by atoms with van der Waals surface area (Å²) in [7, 11) is 0. The highest BCUT2D eigenvalue weighted by molar-refractivity contribution is 8.00. The van der Waals surface area contributed by atoms with Crippen LogP contribution in [0.4, 0.5) is 5.82 Å². The summed E-state index contributed by atoms with van der Waals surface area (Å²) in [6, 6.07) is 11.1. The summed E-state index contributed by atoms with van der Waals surface area (Å²) in [6.45, 7) is 1.67. The number of thioether (sulfide) groups is 1. The molecule has 9 heteroatoms. The van der Waals surface area contributed by atoms with E-state index in [-0.39, 0.29) is 24.0 Å². The molecular formula is C18H17N3O5S. The second kappa shape index (κ2) is 9.04. The minimum atomic E-state index is -0.454. The number of rotatable bonds is 8. The molecule has 8 nitrogen and oxygen atoms in total. The van der Waals surface area contributed by atoms with Gasteiger partial charge in [-0.05, 0) is 6.92 Å². The molecule has 0 aliphatic rings. The number of oxazole rings is 1. The lowest BCUT2D eigenvalue weighted by Crippen LogP contribution is -2.16. The van der Waals surface area contributed by atoms with Gasteiger partial charge in [-0.2, -0.15) is 0 Å². The summed E-state index contributed by atoms with van der Waals surface area (Å²) < 4.78 is 15.5. The summed E-state index contributed by atoms with van der Waals surface area (Å²) in [5.41, 5.74) is 0.895. The average Bonchev–Trinajstić information content (AvgIpc) is 3.30. The van der Waals surface area contributed by atoms with E-state index in [4.69, 9.17) is 13.7 Å². The normalized spacial score (nSPS) is 10.6. The lowest BCUT2D eigenvalue weighted by atomic mass is 10.2. The van der Waals surface area contributed by atoms with Gasteiger partial charge in [0.1, 0.15) is 5.76 Å². The number of anilines is 1. The van der Waals surface area contributed by atoms with Crippen molar-refractivity contribution in [2.75, 3.05) is 16.8 Å². The number of carbonyl (C=O) groups is 2. The number of aromatic nitrogens is 2. The van der Waals surface area contributed by atoms with Crippen LogP contribution in [0.1, 0.15) is 11.7 Å². The quantitative estimate of drug-likeness (QED) is 0.588. The molecule has 3 aromatic rings. The third-order valence-corrected chi connectivity index (χ3v) is 4.22. The largest absolute Gasteiger partial charge is 0.455 e. The highest BCUT2D eigenvalue weighted by Gasteiger charge is 2.11. The second-order valence-electron chi connectivity index (χ2n) is 5.51. The molecule has 27 heavy (non-hydrogen) atoms. The predicted octanol–water partition coefficient (Wildman–Crippen LogP) is 3.05. The number of hydrogen-bond donors (Lipinski definition) is 1.